The number of carbonyl (C=O) groups is 2. The van der Waals surface area contributed by atoms with E-state index in [9.17, 15) is 22.8 Å². The fraction of sp³-hybridized carbons (Fsp3) is 0.333. The van der Waals surface area contributed by atoms with Crippen LogP contribution in [0.5, 0.6) is 5.75 Å². The largest absolute Gasteiger partial charge is 0.573 e. The molecular weight excluding hydrogens is 451 g/mol. The summed E-state index contributed by atoms with van der Waals surface area (Å²) in [5.74, 6) is 4.08. The minimum absolute atomic E-state index is 0.142. The number of unbranched alkanes of at least 4 members (excludes halogenated alkanes) is 1. The van der Waals surface area contributed by atoms with Gasteiger partial charge < -0.3 is 26.5 Å². The van der Waals surface area contributed by atoms with Crippen LogP contribution in [0.15, 0.2) is 36.2 Å². The molecule has 0 fully saturated rings. The Balaban J connectivity index is 1.77. The van der Waals surface area contributed by atoms with E-state index in [0.717, 1.165) is 12.1 Å². The molecule has 2 rings (SSSR count). The number of hydrazine groups is 1. The number of benzene rings is 1. The number of rotatable bonds is 11. The number of ether oxygens (including phenoxy) is 1. The van der Waals surface area contributed by atoms with Crippen molar-refractivity contribution in [1.29, 1.82) is 0 Å². The van der Waals surface area contributed by atoms with Gasteiger partial charge in [0.05, 0.1) is 6.42 Å². The van der Waals surface area contributed by atoms with Crippen LogP contribution in [0.3, 0.4) is 0 Å². The van der Waals surface area contributed by atoms with Gasteiger partial charge in [0.15, 0.2) is 0 Å². The van der Waals surface area contributed by atoms with E-state index in [1.807, 2.05) is 0 Å². The first-order valence-electron chi connectivity index (χ1n) is 9.27. The third-order valence-electron chi connectivity index (χ3n) is 3.86. The van der Waals surface area contributed by atoms with Gasteiger partial charge in [-0.05, 0) is 30.5 Å². The van der Waals surface area contributed by atoms with Gasteiger partial charge in [0, 0.05) is 19.2 Å². The van der Waals surface area contributed by atoms with Crippen LogP contribution in [0.4, 0.5) is 18.3 Å². The normalized spacial score (nSPS) is 11.8. The van der Waals surface area contributed by atoms with Gasteiger partial charge in [0.25, 0.3) is 5.91 Å². The first kappa shape index (κ1) is 24.9. The van der Waals surface area contributed by atoms with E-state index >= 15 is 0 Å². The van der Waals surface area contributed by atoms with E-state index < -0.39 is 23.9 Å². The van der Waals surface area contributed by atoms with Crippen molar-refractivity contribution in [1.82, 2.24) is 15.2 Å². The molecule has 2 aromatic rings. The van der Waals surface area contributed by atoms with E-state index in [4.69, 9.17) is 17.3 Å². The van der Waals surface area contributed by atoms with Gasteiger partial charge in [-0.15, -0.1) is 23.4 Å². The van der Waals surface area contributed by atoms with E-state index in [1.54, 1.807) is 0 Å². The number of hydrogen-bond donors (Lipinski definition) is 4. The van der Waals surface area contributed by atoms with Gasteiger partial charge in [-0.2, -0.15) is 0 Å². The van der Waals surface area contributed by atoms with Crippen LogP contribution in [-0.2, 0) is 22.4 Å². The molecule has 14 heteroatoms. The second-order valence-electron chi connectivity index (χ2n) is 6.56. The minimum atomic E-state index is -4.81. The molecule has 0 atom stereocenters. The standard InChI is InChI=1S/C18H22F3N7O3S/c19-18(20,21)31-12-5-3-4-11(8-12)9-14(29)25-17-27-26-15(32-17)6-1-2-7-28(24)10-13(22)16(23)30/h3-5,8,10H,1-2,6-7,9,22,24H2,(H2,23,30)(H,25,27,29)/b13-10-. The third kappa shape index (κ3) is 9.18. The predicted octanol–water partition coefficient (Wildman–Crippen LogP) is 1.40. The number of primary amides is 1. The van der Waals surface area contributed by atoms with Gasteiger partial charge in [-0.1, -0.05) is 23.5 Å². The molecule has 0 saturated heterocycles. The second-order valence-corrected chi connectivity index (χ2v) is 7.63. The van der Waals surface area contributed by atoms with Gasteiger partial charge in [-0.25, -0.2) is 5.84 Å². The summed E-state index contributed by atoms with van der Waals surface area (Å²) in [7, 11) is 0. The highest BCUT2D eigenvalue weighted by Crippen LogP contribution is 2.24. The van der Waals surface area contributed by atoms with Crippen molar-refractivity contribution in [3.63, 3.8) is 0 Å². The van der Waals surface area contributed by atoms with Crippen molar-refractivity contribution in [2.75, 3.05) is 11.9 Å². The zero-order valence-corrected chi connectivity index (χ0v) is 17.6. The number of carbonyl (C=O) groups excluding carboxylic acids is 2. The van der Waals surface area contributed by atoms with Gasteiger partial charge >= 0.3 is 6.36 Å². The molecular formula is C18H22F3N7O3S. The Morgan fingerprint density at radius 3 is 2.66 bits per heavy atom. The van der Waals surface area contributed by atoms with Crippen LogP contribution in [-0.4, -0.2) is 39.9 Å². The molecule has 0 saturated carbocycles. The summed E-state index contributed by atoms with van der Waals surface area (Å²) in [6.07, 6.45) is -1.72. The molecule has 1 heterocycles. The van der Waals surface area contributed by atoms with E-state index in [-0.39, 0.29) is 17.2 Å². The number of hydrogen-bond acceptors (Lipinski definition) is 9. The summed E-state index contributed by atoms with van der Waals surface area (Å²) in [4.78, 5) is 23.0. The van der Waals surface area contributed by atoms with Crippen LogP contribution in [0.2, 0.25) is 0 Å². The molecule has 0 aliphatic heterocycles. The lowest BCUT2D eigenvalue weighted by Gasteiger charge is -2.13. The van der Waals surface area contributed by atoms with Crippen LogP contribution in [0, 0.1) is 0 Å². The van der Waals surface area contributed by atoms with Gasteiger partial charge in [0.1, 0.15) is 16.5 Å². The van der Waals surface area contributed by atoms with Crippen LogP contribution in [0.25, 0.3) is 0 Å². The van der Waals surface area contributed by atoms with E-state index in [1.165, 1.54) is 34.7 Å². The lowest BCUT2D eigenvalue weighted by atomic mass is 10.1. The van der Waals surface area contributed by atoms with Gasteiger partial charge in [-0.3, -0.25) is 9.59 Å². The number of halogens is 3. The summed E-state index contributed by atoms with van der Waals surface area (Å²) in [6, 6.07) is 5.18. The second kappa shape index (κ2) is 11.3. The molecule has 1 aromatic heterocycles. The van der Waals surface area contributed by atoms with Crippen molar-refractivity contribution in [3.8, 4) is 5.75 Å². The topological polar surface area (TPSA) is 162 Å². The molecule has 0 bridgehead atoms. The molecule has 1 aromatic carbocycles. The first-order valence-corrected chi connectivity index (χ1v) is 10.1. The molecule has 0 radical (unpaired) electrons. The Morgan fingerprint density at radius 2 is 1.97 bits per heavy atom. The highest BCUT2D eigenvalue weighted by molar-refractivity contribution is 7.15. The Labute approximate surface area is 185 Å². The summed E-state index contributed by atoms with van der Waals surface area (Å²) in [5.41, 5.74) is 10.6. The molecule has 7 N–H and O–H groups in total. The Morgan fingerprint density at radius 1 is 1.22 bits per heavy atom. The quantitative estimate of drug-likeness (QED) is 0.165. The number of aryl methyl sites for hydroxylation is 1. The first-order chi connectivity index (χ1) is 15.0. The summed E-state index contributed by atoms with van der Waals surface area (Å²) in [6.45, 7) is 0.438. The maximum atomic E-state index is 12.3. The van der Waals surface area contributed by atoms with Crippen molar-refractivity contribution in [2.45, 2.75) is 32.0 Å². The number of anilines is 1. The number of nitrogens with one attached hydrogen (secondary N) is 1. The molecule has 0 spiro atoms. The van der Waals surface area contributed by atoms with E-state index in [2.05, 4.69) is 20.3 Å². The highest BCUT2D eigenvalue weighted by atomic mass is 32.1. The third-order valence-corrected chi connectivity index (χ3v) is 4.75. The van der Waals surface area contributed by atoms with Crippen molar-refractivity contribution in [2.24, 2.45) is 17.3 Å². The number of amides is 2. The fourth-order valence-electron chi connectivity index (χ4n) is 2.48. The fourth-order valence-corrected chi connectivity index (χ4v) is 3.28. The average molecular weight is 473 g/mol. The lowest BCUT2D eigenvalue weighted by Crippen LogP contribution is -2.30. The predicted molar refractivity (Wildman–Crippen MR) is 111 cm³/mol. The highest BCUT2D eigenvalue weighted by Gasteiger charge is 2.31. The monoisotopic (exact) mass is 473 g/mol. The molecule has 0 aliphatic rings. The molecule has 0 aliphatic carbocycles. The van der Waals surface area contributed by atoms with Crippen molar-refractivity contribution >= 4 is 28.3 Å². The molecule has 0 unspecified atom stereocenters. The van der Waals surface area contributed by atoms with Crippen LogP contribution < -0.4 is 27.4 Å². The maximum Gasteiger partial charge on any atom is 0.573 e. The number of alkyl halides is 3. The Kier molecular flexibility index (Phi) is 8.78. The molecule has 2 amide bonds. The van der Waals surface area contributed by atoms with Crippen molar-refractivity contribution in [3.05, 3.63) is 46.7 Å². The maximum absolute atomic E-state index is 12.3. The smallest absolute Gasteiger partial charge is 0.406 e. The average Bonchev–Trinajstić information content (AvgIpc) is 3.11. The molecule has 174 valence electrons. The zero-order chi connectivity index (χ0) is 23.7. The minimum Gasteiger partial charge on any atom is -0.406 e. The SMILES string of the molecule is NC(=O)/C(N)=C/N(N)CCCCc1nnc(NC(=O)Cc2cccc(OC(F)(F)F)c2)s1. The Bertz CT molecular complexity index is 965. The summed E-state index contributed by atoms with van der Waals surface area (Å²) < 4.78 is 40.8. The number of nitrogens with two attached hydrogens (primary N) is 3. The van der Waals surface area contributed by atoms with E-state index in [0.29, 0.717) is 36.4 Å². The number of nitrogens with zero attached hydrogens (tertiary/aromatic N) is 3. The summed E-state index contributed by atoms with van der Waals surface area (Å²) >= 11 is 1.19. The zero-order valence-electron chi connectivity index (χ0n) is 16.8. The summed E-state index contributed by atoms with van der Waals surface area (Å²) in [5, 5.41) is 12.7. The lowest BCUT2D eigenvalue weighted by molar-refractivity contribution is -0.274. The van der Waals surface area contributed by atoms with Crippen LogP contribution in [0.1, 0.15) is 23.4 Å². The van der Waals surface area contributed by atoms with Crippen molar-refractivity contribution < 1.29 is 27.5 Å². The van der Waals surface area contributed by atoms with Crippen LogP contribution >= 0.6 is 11.3 Å². The number of aromatic nitrogens is 2. The van der Waals surface area contributed by atoms with Gasteiger partial charge in [0.2, 0.25) is 11.0 Å². The molecule has 10 nitrogen and oxygen atoms in total. The Hall–Kier alpha value is -3.39. The molecule has 32 heavy (non-hydrogen) atoms.